The van der Waals surface area contributed by atoms with Gasteiger partial charge in [0.25, 0.3) is 0 Å². The number of rotatable bonds is 4. The minimum absolute atomic E-state index is 0.121. The fourth-order valence-corrected chi connectivity index (χ4v) is 4.35. The number of nitrogens with one attached hydrogen (secondary N) is 2. The van der Waals surface area contributed by atoms with Crippen molar-refractivity contribution in [1.82, 2.24) is 0 Å². The molecule has 25 heavy (non-hydrogen) atoms. The van der Waals surface area contributed by atoms with E-state index in [9.17, 15) is 13.8 Å². The average Bonchev–Trinajstić information content (AvgIpc) is 2.60. The Morgan fingerprint density at radius 3 is 2.72 bits per heavy atom. The molecule has 0 aliphatic carbocycles. The molecule has 0 radical (unpaired) electrons. The van der Waals surface area contributed by atoms with Gasteiger partial charge < -0.3 is 10.6 Å². The van der Waals surface area contributed by atoms with Gasteiger partial charge in [-0.3, -0.25) is 13.8 Å². The van der Waals surface area contributed by atoms with Crippen LogP contribution in [0.4, 0.5) is 11.4 Å². The van der Waals surface area contributed by atoms with Crippen molar-refractivity contribution in [2.45, 2.75) is 36.8 Å². The summed E-state index contributed by atoms with van der Waals surface area (Å²) < 4.78 is 12.7. The third-order valence-electron chi connectivity index (χ3n) is 4.29. The van der Waals surface area contributed by atoms with Crippen molar-refractivity contribution in [3.63, 3.8) is 0 Å². The van der Waals surface area contributed by atoms with Crippen molar-refractivity contribution >= 4 is 34.0 Å². The lowest BCUT2D eigenvalue weighted by atomic mass is 10.1. The van der Waals surface area contributed by atoms with Gasteiger partial charge in [-0.1, -0.05) is 37.3 Å². The first-order valence-corrected chi connectivity index (χ1v) is 9.41. The predicted octanol–water partition coefficient (Wildman–Crippen LogP) is 3.01. The molecule has 2 atom stereocenters. The Morgan fingerprint density at radius 1 is 1.20 bits per heavy atom. The molecular formula is C19H20N2O3S. The average molecular weight is 356 g/mol. The largest absolute Gasteiger partial charge is 0.326 e. The van der Waals surface area contributed by atoms with Gasteiger partial charge >= 0.3 is 0 Å². The van der Waals surface area contributed by atoms with E-state index in [-0.39, 0.29) is 18.2 Å². The molecule has 2 N–H and O–H groups in total. The van der Waals surface area contributed by atoms with E-state index in [1.165, 1.54) is 0 Å². The molecule has 0 bridgehead atoms. The third kappa shape index (κ3) is 3.49. The Morgan fingerprint density at radius 2 is 1.96 bits per heavy atom. The zero-order valence-corrected chi connectivity index (χ0v) is 15.0. The fourth-order valence-electron chi connectivity index (χ4n) is 2.94. The highest BCUT2D eigenvalue weighted by atomic mass is 32.2. The number of para-hydroxylation sites is 2. The SMILES string of the molecule is CCc1cccc(C)c1NC(=O)CC1C(=O)Nc2ccccc2S1=O. The molecule has 1 aliphatic heterocycles. The molecule has 6 heteroatoms. The molecule has 0 aromatic heterocycles. The topological polar surface area (TPSA) is 75.3 Å². The molecule has 1 heterocycles. The normalized spacial score (nSPS) is 19.0. The quantitative estimate of drug-likeness (QED) is 0.884. The predicted molar refractivity (Wildman–Crippen MR) is 99.1 cm³/mol. The Balaban J connectivity index is 1.78. The molecule has 2 amide bonds. The lowest BCUT2D eigenvalue weighted by molar-refractivity contribution is -0.120. The van der Waals surface area contributed by atoms with Gasteiger partial charge in [-0.15, -0.1) is 0 Å². The van der Waals surface area contributed by atoms with E-state index in [2.05, 4.69) is 10.6 Å². The highest BCUT2D eigenvalue weighted by molar-refractivity contribution is 7.86. The number of aryl methyl sites for hydroxylation is 2. The Kier molecular flexibility index (Phi) is 4.99. The van der Waals surface area contributed by atoms with Crippen LogP contribution in [0.3, 0.4) is 0 Å². The molecule has 5 nitrogen and oxygen atoms in total. The molecule has 0 fully saturated rings. The van der Waals surface area contributed by atoms with Crippen LogP contribution < -0.4 is 10.6 Å². The summed E-state index contributed by atoms with van der Waals surface area (Å²) in [7, 11) is -1.55. The first-order valence-electron chi connectivity index (χ1n) is 8.20. The molecule has 0 spiro atoms. The monoisotopic (exact) mass is 356 g/mol. The van der Waals surface area contributed by atoms with Gasteiger partial charge in [-0.2, -0.15) is 0 Å². The first kappa shape index (κ1) is 17.4. The van der Waals surface area contributed by atoms with E-state index in [1.807, 2.05) is 32.0 Å². The summed E-state index contributed by atoms with van der Waals surface area (Å²) in [5.74, 6) is -0.690. The molecule has 2 aromatic rings. The van der Waals surface area contributed by atoms with Crippen molar-refractivity contribution in [3.8, 4) is 0 Å². The number of hydrogen-bond donors (Lipinski definition) is 2. The number of carbonyl (C=O) groups is 2. The molecule has 2 aromatic carbocycles. The number of anilines is 2. The Labute approximate surface area is 149 Å². The van der Waals surface area contributed by atoms with Crippen molar-refractivity contribution in [2.75, 3.05) is 10.6 Å². The number of fused-ring (bicyclic) bond motifs is 1. The van der Waals surface area contributed by atoms with Gasteiger partial charge in [0.15, 0.2) is 0 Å². The van der Waals surface area contributed by atoms with Crippen LogP contribution in [0, 0.1) is 6.92 Å². The highest BCUT2D eigenvalue weighted by Crippen LogP contribution is 2.29. The minimum Gasteiger partial charge on any atom is -0.326 e. The summed E-state index contributed by atoms with van der Waals surface area (Å²) in [5, 5.41) is 4.74. The summed E-state index contributed by atoms with van der Waals surface area (Å²) >= 11 is 0. The zero-order valence-electron chi connectivity index (χ0n) is 14.2. The van der Waals surface area contributed by atoms with Crippen LogP contribution >= 0.6 is 0 Å². The zero-order chi connectivity index (χ0) is 18.0. The van der Waals surface area contributed by atoms with Crippen LogP contribution in [-0.4, -0.2) is 21.3 Å². The van der Waals surface area contributed by atoms with Crippen LogP contribution in [-0.2, 0) is 26.8 Å². The van der Waals surface area contributed by atoms with E-state index in [1.54, 1.807) is 24.3 Å². The second-order valence-corrected chi connectivity index (χ2v) is 7.59. The Bertz CT molecular complexity index is 863. The molecule has 0 saturated carbocycles. The van der Waals surface area contributed by atoms with Gasteiger partial charge in [-0.05, 0) is 36.6 Å². The molecule has 130 valence electrons. The van der Waals surface area contributed by atoms with Crippen LogP contribution in [0.25, 0.3) is 0 Å². The number of hydrogen-bond acceptors (Lipinski definition) is 3. The van der Waals surface area contributed by atoms with Crippen molar-refractivity contribution in [2.24, 2.45) is 0 Å². The number of carbonyl (C=O) groups excluding carboxylic acids is 2. The van der Waals surface area contributed by atoms with E-state index in [0.717, 1.165) is 23.2 Å². The van der Waals surface area contributed by atoms with E-state index in [4.69, 9.17) is 0 Å². The van der Waals surface area contributed by atoms with Crippen LogP contribution in [0.1, 0.15) is 24.5 Å². The van der Waals surface area contributed by atoms with Gasteiger partial charge in [0.2, 0.25) is 11.8 Å². The lowest BCUT2D eigenvalue weighted by Gasteiger charge is -2.23. The summed E-state index contributed by atoms with van der Waals surface area (Å²) in [4.78, 5) is 25.3. The van der Waals surface area contributed by atoms with Crippen molar-refractivity contribution in [1.29, 1.82) is 0 Å². The minimum atomic E-state index is -1.55. The van der Waals surface area contributed by atoms with Gasteiger partial charge in [-0.25, -0.2) is 0 Å². The summed E-state index contributed by atoms with van der Waals surface area (Å²) in [5.41, 5.74) is 3.33. The number of amides is 2. The number of benzene rings is 2. The van der Waals surface area contributed by atoms with Crippen molar-refractivity contribution in [3.05, 3.63) is 53.6 Å². The van der Waals surface area contributed by atoms with E-state index in [0.29, 0.717) is 10.6 Å². The fraction of sp³-hybridized carbons (Fsp3) is 0.263. The second kappa shape index (κ2) is 7.19. The Hall–Kier alpha value is -2.47. The molecule has 0 saturated heterocycles. The summed E-state index contributed by atoms with van der Waals surface area (Å²) in [6.45, 7) is 3.95. The highest BCUT2D eigenvalue weighted by Gasteiger charge is 2.34. The maximum atomic E-state index is 12.7. The molecule has 2 unspecified atom stereocenters. The van der Waals surface area contributed by atoms with Crippen LogP contribution in [0.15, 0.2) is 47.4 Å². The van der Waals surface area contributed by atoms with Gasteiger partial charge in [0, 0.05) is 5.69 Å². The standard InChI is InChI=1S/C19H20N2O3S/c1-3-13-8-6-7-12(2)18(13)21-17(22)11-16-19(23)20-14-9-4-5-10-15(14)25(16)24/h4-10,16H,3,11H2,1-2H3,(H,20,23)(H,21,22). The first-order chi connectivity index (χ1) is 12.0. The van der Waals surface area contributed by atoms with Crippen LogP contribution in [0.5, 0.6) is 0 Å². The van der Waals surface area contributed by atoms with E-state index >= 15 is 0 Å². The summed E-state index contributed by atoms with van der Waals surface area (Å²) in [6.07, 6.45) is 0.671. The smallest absolute Gasteiger partial charge is 0.241 e. The molecular weight excluding hydrogens is 336 g/mol. The summed E-state index contributed by atoms with van der Waals surface area (Å²) in [6, 6.07) is 12.8. The molecule has 3 rings (SSSR count). The maximum Gasteiger partial charge on any atom is 0.241 e. The third-order valence-corrected chi connectivity index (χ3v) is 5.97. The van der Waals surface area contributed by atoms with Gasteiger partial charge in [0.05, 0.1) is 27.8 Å². The maximum absolute atomic E-state index is 12.7. The van der Waals surface area contributed by atoms with Crippen molar-refractivity contribution < 1.29 is 13.8 Å². The molecule has 1 aliphatic rings. The van der Waals surface area contributed by atoms with Gasteiger partial charge in [0.1, 0.15) is 5.25 Å². The lowest BCUT2D eigenvalue weighted by Crippen LogP contribution is -2.39. The second-order valence-electron chi connectivity index (χ2n) is 5.99. The van der Waals surface area contributed by atoms with Crippen LogP contribution in [0.2, 0.25) is 0 Å². The van der Waals surface area contributed by atoms with E-state index < -0.39 is 16.0 Å².